The summed E-state index contributed by atoms with van der Waals surface area (Å²) in [7, 11) is 1.69. The molecule has 2 rings (SSSR count). The van der Waals surface area contributed by atoms with Crippen LogP contribution < -0.4 is 5.32 Å². The van der Waals surface area contributed by atoms with Crippen molar-refractivity contribution < 1.29 is 9.72 Å². The van der Waals surface area contributed by atoms with Crippen molar-refractivity contribution in [3.8, 4) is 0 Å². The van der Waals surface area contributed by atoms with Crippen molar-refractivity contribution in [1.82, 2.24) is 4.90 Å². The molecule has 110 valence electrons. The number of nitro benzene ring substituents is 1. The van der Waals surface area contributed by atoms with Gasteiger partial charge in [0.1, 0.15) is 0 Å². The highest BCUT2D eigenvalue weighted by atomic mass is 79.9. The summed E-state index contributed by atoms with van der Waals surface area (Å²) in [5, 5.41) is 15.2. The third-order valence-corrected chi connectivity index (χ3v) is 4.27. The zero-order valence-electron chi connectivity index (χ0n) is 11.1. The van der Waals surface area contributed by atoms with Gasteiger partial charge in [0.25, 0.3) is 5.69 Å². The second-order valence-corrected chi connectivity index (χ2v) is 6.64. The van der Waals surface area contributed by atoms with E-state index in [0.717, 1.165) is 9.35 Å². The summed E-state index contributed by atoms with van der Waals surface area (Å²) in [5.41, 5.74) is 1.54. The third kappa shape index (κ3) is 4.27. The van der Waals surface area contributed by atoms with Gasteiger partial charge in [-0.15, -0.1) is 11.3 Å². The number of rotatable bonds is 4. The molecule has 0 aliphatic heterocycles. The zero-order chi connectivity index (χ0) is 15.4. The van der Waals surface area contributed by atoms with E-state index in [-0.39, 0.29) is 11.7 Å². The minimum atomic E-state index is -0.480. The van der Waals surface area contributed by atoms with Gasteiger partial charge in [-0.3, -0.25) is 10.1 Å². The number of urea groups is 1. The molecule has 1 aromatic heterocycles. The second-order valence-electron chi connectivity index (χ2n) is 4.35. The molecule has 0 bridgehead atoms. The molecule has 0 saturated carbocycles. The number of amides is 2. The number of carbonyl (C=O) groups is 1. The van der Waals surface area contributed by atoms with Crippen LogP contribution in [-0.2, 0) is 6.54 Å². The van der Waals surface area contributed by atoms with Crippen LogP contribution in [0.2, 0.25) is 0 Å². The lowest BCUT2D eigenvalue weighted by molar-refractivity contribution is -0.384. The Morgan fingerprint density at radius 3 is 2.62 bits per heavy atom. The summed E-state index contributed by atoms with van der Waals surface area (Å²) >= 11 is 4.94. The summed E-state index contributed by atoms with van der Waals surface area (Å²) in [6.07, 6.45) is 0. The number of halogens is 1. The molecule has 6 nitrogen and oxygen atoms in total. The van der Waals surface area contributed by atoms with Crippen molar-refractivity contribution in [2.75, 3.05) is 12.4 Å². The quantitative estimate of drug-likeness (QED) is 0.651. The van der Waals surface area contributed by atoms with Gasteiger partial charge in [-0.2, -0.15) is 0 Å². The molecule has 0 unspecified atom stereocenters. The Morgan fingerprint density at radius 2 is 2.10 bits per heavy atom. The summed E-state index contributed by atoms with van der Waals surface area (Å²) in [6.45, 7) is 0.487. The van der Waals surface area contributed by atoms with Crippen LogP contribution in [0.5, 0.6) is 0 Å². The Bertz CT molecular complexity index is 657. The molecule has 2 amide bonds. The lowest BCUT2D eigenvalue weighted by Gasteiger charge is -2.17. The van der Waals surface area contributed by atoms with Crippen molar-refractivity contribution in [3.63, 3.8) is 0 Å². The van der Waals surface area contributed by atoms with Crippen LogP contribution in [0.3, 0.4) is 0 Å². The lowest BCUT2D eigenvalue weighted by Crippen LogP contribution is -2.30. The number of carbonyl (C=O) groups excluding carboxylic acids is 1. The van der Waals surface area contributed by atoms with Gasteiger partial charge in [0.15, 0.2) is 0 Å². The van der Waals surface area contributed by atoms with Crippen molar-refractivity contribution >= 4 is 44.7 Å². The molecular formula is C13H12BrN3O3S. The Labute approximate surface area is 133 Å². The maximum atomic E-state index is 12.0. The number of nitrogens with zero attached hydrogens (tertiary/aromatic N) is 2. The van der Waals surface area contributed by atoms with E-state index in [1.807, 2.05) is 11.4 Å². The number of non-ortho nitro benzene ring substituents is 1. The highest BCUT2D eigenvalue weighted by Crippen LogP contribution is 2.22. The van der Waals surface area contributed by atoms with E-state index in [1.54, 1.807) is 18.4 Å². The fourth-order valence-electron chi connectivity index (χ4n) is 1.66. The Hall–Kier alpha value is -1.93. The molecule has 0 atom stereocenters. The molecule has 0 aliphatic carbocycles. The standard InChI is InChI=1S/C13H12BrN3O3S/c1-16(7-9-6-12(14)21-8-9)13(18)15-10-2-4-11(5-3-10)17(19)20/h2-6,8H,7H2,1H3,(H,15,18). The average Bonchev–Trinajstić information content (AvgIpc) is 2.84. The molecule has 8 heteroatoms. The molecular weight excluding hydrogens is 358 g/mol. The summed E-state index contributed by atoms with van der Waals surface area (Å²) in [4.78, 5) is 23.6. The molecule has 0 radical (unpaired) electrons. The monoisotopic (exact) mass is 369 g/mol. The highest BCUT2D eigenvalue weighted by Gasteiger charge is 2.11. The maximum absolute atomic E-state index is 12.0. The predicted octanol–water partition coefficient (Wildman–Crippen LogP) is 4.08. The van der Waals surface area contributed by atoms with Crippen molar-refractivity contribution in [2.24, 2.45) is 0 Å². The molecule has 2 aromatic rings. The zero-order valence-corrected chi connectivity index (χ0v) is 13.5. The van der Waals surface area contributed by atoms with Crippen LogP contribution in [-0.4, -0.2) is 22.9 Å². The maximum Gasteiger partial charge on any atom is 0.321 e. The number of nitro groups is 1. The van der Waals surface area contributed by atoms with Gasteiger partial charge in [0.2, 0.25) is 0 Å². The van der Waals surface area contributed by atoms with Gasteiger partial charge < -0.3 is 10.2 Å². The van der Waals surface area contributed by atoms with Crippen LogP contribution in [0.15, 0.2) is 39.5 Å². The Balaban J connectivity index is 1.95. The number of hydrogen-bond acceptors (Lipinski definition) is 4. The summed E-state index contributed by atoms with van der Waals surface area (Å²) in [6, 6.07) is 7.40. The predicted molar refractivity (Wildman–Crippen MR) is 85.6 cm³/mol. The van der Waals surface area contributed by atoms with Gasteiger partial charge >= 0.3 is 6.03 Å². The van der Waals surface area contributed by atoms with Gasteiger partial charge in [0.05, 0.1) is 8.71 Å². The van der Waals surface area contributed by atoms with Crippen LogP contribution in [0.25, 0.3) is 0 Å². The van der Waals surface area contributed by atoms with Crippen LogP contribution in [0.4, 0.5) is 16.2 Å². The van der Waals surface area contributed by atoms with E-state index in [0.29, 0.717) is 12.2 Å². The molecule has 1 heterocycles. The van der Waals surface area contributed by atoms with Crippen LogP contribution in [0, 0.1) is 10.1 Å². The largest absolute Gasteiger partial charge is 0.323 e. The molecule has 1 N–H and O–H groups in total. The second kappa shape index (κ2) is 6.68. The normalized spacial score (nSPS) is 10.2. The topological polar surface area (TPSA) is 75.5 Å². The van der Waals surface area contributed by atoms with Crippen molar-refractivity contribution in [2.45, 2.75) is 6.54 Å². The fraction of sp³-hybridized carbons (Fsp3) is 0.154. The SMILES string of the molecule is CN(Cc1csc(Br)c1)C(=O)Nc1ccc([N+](=O)[O-])cc1. The number of nitrogens with one attached hydrogen (secondary N) is 1. The Morgan fingerprint density at radius 1 is 1.43 bits per heavy atom. The van der Waals surface area contributed by atoms with Crippen LogP contribution in [0.1, 0.15) is 5.56 Å². The first-order valence-electron chi connectivity index (χ1n) is 5.95. The van der Waals surface area contributed by atoms with Gasteiger partial charge in [-0.1, -0.05) is 0 Å². The minimum Gasteiger partial charge on any atom is -0.323 e. The number of anilines is 1. The van der Waals surface area contributed by atoms with E-state index in [1.165, 1.54) is 29.2 Å². The van der Waals surface area contributed by atoms with E-state index in [4.69, 9.17) is 0 Å². The van der Waals surface area contributed by atoms with Gasteiger partial charge in [0, 0.05) is 31.4 Å². The molecule has 1 aromatic carbocycles. The fourth-order valence-corrected chi connectivity index (χ4v) is 2.86. The first kappa shape index (κ1) is 15.5. The minimum absolute atomic E-state index is 0.00974. The molecule has 0 fully saturated rings. The smallest absolute Gasteiger partial charge is 0.321 e. The van der Waals surface area contributed by atoms with Crippen molar-refractivity contribution in [1.29, 1.82) is 0 Å². The lowest BCUT2D eigenvalue weighted by atomic mass is 10.3. The third-order valence-electron chi connectivity index (χ3n) is 2.72. The van der Waals surface area contributed by atoms with E-state index in [2.05, 4.69) is 21.2 Å². The first-order chi connectivity index (χ1) is 9.95. The molecule has 0 aliphatic rings. The van der Waals surface area contributed by atoms with Gasteiger partial charge in [-0.05, 0) is 45.1 Å². The van der Waals surface area contributed by atoms with E-state index >= 15 is 0 Å². The molecule has 21 heavy (non-hydrogen) atoms. The molecule has 0 saturated heterocycles. The highest BCUT2D eigenvalue weighted by molar-refractivity contribution is 9.11. The van der Waals surface area contributed by atoms with E-state index in [9.17, 15) is 14.9 Å². The average molecular weight is 370 g/mol. The number of benzene rings is 1. The van der Waals surface area contributed by atoms with Gasteiger partial charge in [-0.25, -0.2) is 4.79 Å². The Kier molecular flexibility index (Phi) is 4.92. The van der Waals surface area contributed by atoms with Crippen LogP contribution >= 0.6 is 27.3 Å². The summed E-state index contributed by atoms with van der Waals surface area (Å²) < 4.78 is 1.02. The number of hydrogen-bond donors (Lipinski definition) is 1. The van der Waals surface area contributed by atoms with Crippen molar-refractivity contribution in [3.05, 3.63) is 55.2 Å². The van der Waals surface area contributed by atoms with E-state index < -0.39 is 4.92 Å². The summed E-state index contributed by atoms with van der Waals surface area (Å²) in [5.74, 6) is 0. The first-order valence-corrected chi connectivity index (χ1v) is 7.62. The number of thiophene rings is 1. The molecule has 0 spiro atoms.